The molecular formula is C15H24N4O. The van der Waals surface area contributed by atoms with Gasteiger partial charge in [-0.2, -0.15) is 0 Å². The zero-order valence-corrected chi connectivity index (χ0v) is 12.4. The molecule has 1 aliphatic rings. The molecule has 0 atom stereocenters. The Labute approximate surface area is 120 Å². The molecule has 0 saturated carbocycles. The number of nitrogens with two attached hydrogens (primary N) is 1. The van der Waals surface area contributed by atoms with E-state index >= 15 is 0 Å². The molecule has 5 nitrogen and oxygen atoms in total. The molecule has 20 heavy (non-hydrogen) atoms. The van der Waals surface area contributed by atoms with E-state index in [1.807, 2.05) is 32.2 Å². The largest absolute Gasteiger partial charge is 0.373 e. The van der Waals surface area contributed by atoms with Crippen molar-refractivity contribution < 1.29 is 4.79 Å². The lowest BCUT2D eigenvalue weighted by Gasteiger charge is -2.30. The minimum Gasteiger partial charge on any atom is -0.373 e. The highest BCUT2D eigenvalue weighted by Gasteiger charge is 2.14. The highest BCUT2D eigenvalue weighted by Crippen LogP contribution is 2.20. The first kappa shape index (κ1) is 14.8. The number of nitrogens with one attached hydrogen (secondary N) is 1. The van der Waals surface area contributed by atoms with Crippen molar-refractivity contribution in [3.05, 3.63) is 29.3 Å². The van der Waals surface area contributed by atoms with E-state index in [0.29, 0.717) is 5.56 Å². The van der Waals surface area contributed by atoms with E-state index in [1.165, 1.54) is 0 Å². The standard InChI is InChI=1S/C15H24N4O/c1-12-3-4-13(15(16)20)14(11-12)18(2)9-10-19-7-5-17-6-8-19/h3-4,11,17H,5-10H2,1-2H3,(H2,16,20). The third kappa shape index (κ3) is 3.71. The quantitative estimate of drug-likeness (QED) is 0.819. The van der Waals surface area contributed by atoms with E-state index in [-0.39, 0.29) is 5.91 Å². The minimum absolute atomic E-state index is 0.367. The average molecular weight is 276 g/mol. The molecule has 1 amide bonds. The van der Waals surface area contributed by atoms with E-state index in [2.05, 4.69) is 15.1 Å². The van der Waals surface area contributed by atoms with Gasteiger partial charge in [0.05, 0.1) is 5.56 Å². The summed E-state index contributed by atoms with van der Waals surface area (Å²) < 4.78 is 0. The summed E-state index contributed by atoms with van der Waals surface area (Å²) in [6.07, 6.45) is 0. The summed E-state index contributed by atoms with van der Waals surface area (Å²) in [6, 6.07) is 5.76. The summed E-state index contributed by atoms with van der Waals surface area (Å²) in [6.45, 7) is 8.21. The number of hydrogen-bond donors (Lipinski definition) is 2. The molecule has 110 valence electrons. The normalized spacial score (nSPS) is 16.1. The van der Waals surface area contributed by atoms with Gasteiger partial charge in [-0.15, -0.1) is 0 Å². The van der Waals surface area contributed by atoms with Crippen LogP contribution in [0.1, 0.15) is 15.9 Å². The maximum atomic E-state index is 11.5. The van der Waals surface area contributed by atoms with Gasteiger partial charge in [0, 0.05) is 52.0 Å². The van der Waals surface area contributed by atoms with Crippen LogP contribution in [0.4, 0.5) is 5.69 Å². The number of amides is 1. The Hall–Kier alpha value is -1.59. The van der Waals surface area contributed by atoms with Gasteiger partial charge < -0.3 is 16.0 Å². The van der Waals surface area contributed by atoms with Crippen LogP contribution in [0.3, 0.4) is 0 Å². The molecule has 0 bridgehead atoms. The van der Waals surface area contributed by atoms with Gasteiger partial charge in [0.25, 0.3) is 5.91 Å². The van der Waals surface area contributed by atoms with Gasteiger partial charge in [-0.05, 0) is 24.6 Å². The van der Waals surface area contributed by atoms with Gasteiger partial charge in [0.2, 0.25) is 0 Å². The second-order valence-electron chi connectivity index (χ2n) is 5.40. The number of likely N-dealkylation sites (N-methyl/N-ethyl adjacent to an activating group) is 1. The molecular weight excluding hydrogens is 252 g/mol. The number of primary amides is 1. The van der Waals surface area contributed by atoms with Crippen LogP contribution in [0, 0.1) is 6.92 Å². The molecule has 0 radical (unpaired) electrons. The van der Waals surface area contributed by atoms with Gasteiger partial charge in [0.15, 0.2) is 0 Å². The summed E-state index contributed by atoms with van der Waals surface area (Å²) in [5.74, 6) is -0.367. The Morgan fingerprint density at radius 1 is 1.40 bits per heavy atom. The molecule has 5 heteroatoms. The van der Waals surface area contributed by atoms with Gasteiger partial charge in [-0.25, -0.2) is 0 Å². The van der Waals surface area contributed by atoms with Gasteiger partial charge in [-0.3, -0.25) is 9.69 Å². The number of nitrogens with zero attached hydrogens (tertiary/aromatic N) is 2. The molecule has 0 spiro atoms. The fourth-order valence-electron chi connectivity index (χ4n) is 2.51. The Balaban J connectivity index is 2.02. The zero-order chi connectivity index (χ0) is 14.5. The highest BCUT2D eigenvalue weighted by molar-refractivity contribution is 5.98. The average Bonchev–Trinajstić information content (AvgIpc) is 2.45. The van der Waals surface area contributed by atoms with Crippen LogP contribution < -0.4 is 16.0 Å². The molecule has 1 aromatic carbocycles. The van der Waals surface area contributed by atoms with E-state index in [9.17, 15) is 4.79 Å². The first-order valence-corrected chi connectivity index (χ1v) is 7.12. The zero-order valence-electron chi connectivity index (χ0n) is 12.4. The fourth-order valence-corrected chi connectivity index (χ4v) is 2.51. The number of aryl methyl sites for hydroxylation is 1. The summed E-state index contributed by atoms with van der Waals surface area (Å²) >= 11 is 0. The molecule has 0 unspecified atom stereocenters. The maximum absolute atomic E-state index is 11.5. The third-order valence-corrected chi connectivity index (χ3v) is 3.79. The molecule has 1 aromatic rings. The van der Waals surface area contributed by atoms with Crippen LogP contribution >= 0.6 is 0 Å². The van der Waals surface area contributed by atoms with Crippen LogP contribution in [0.15, 0.2) is 18.2 Å². The number of rotatable bonds is 5. The summed E-state index contributed by atoms with van der Waals surface area (Å²) in [7, 11) is 2.02. The van der Waals surface area contributed by atoms with Crippen molar-refractivity contribution in [3.63, 3.8) is 0 Å². The van der Waals surface area contributed by atoms with Crippen LogP contribution in [-0.4, -0.2) is 57.1 Å². The van der Waals surface area contributed by atoms with Gasteiger partial charge in [-0.1, -0.05) is 6.07 Å². The molecule has 1 aliphatic heterocycles. The van der Waals surface area contributed by atoms with Crippen LogP contribution in [0.5, 0.6) is 0 Å². The van der Waals surface area contributed by atoms with Crippen molar-refractivity contribution in [3.8, 4) is 0 Å². The second-order valence-corrected chi connectivity index (χ2v) is 5.40. The van der Waals surface area contributed by atoms with Crippen molar-refractivity contribution in [2.75, 3.05) is 51.2 Å². The Kier molecular flexibility index (Phi) is 4.98. The fraction of sp³-hybridized carbons (Fsp3) is 0.533. The number of benzene rings is 1. The Bertz CT molecular complexity index is 469. The lowest BCUT2D eigenvalue weighted by Crippen LogP contribution is -2.46. The van der Waals surface area contributed by atoms with E-state index in [0.717, 1.165) is 50.5 Å². The maximum Gasteiger partial charge on any atom is 0.250 e. The smallest absolute Gasteiger partial charge is 0.250 e. The molecule has 0 aromatic heterocycles. The monoisotopic (exact) mass is 276 g/mol. The number of piperazine rings is 1. The SMILES string of the molecule is Cc1ccc(C(N)=O)c(N(C)CCN2CCNCC2)c1. The third-order valence-electron chi connectivity index (χ3n) is 3.79. The van der Waals surface area contributed by atoms with Crippen LogP contribution in [0.2, 0.25) is 0 Å². The first-order valence-electron chi connectivity index (χ1n) is 7.12. The van der Waals surface area contributed by atoms with Crippen LogP contribution in [-0.2, 0) is 0 Å². The number of hydrogen-bond acceptors (Lipinski definition) is 4. The lowest BCUT2D eigenvalue weighted by atomic mass is 10.1. The van der Waals surface area contributed by atoms with Crippen molar-refractivity contribution in [2.24, 2.45) is 5.73 Å². The van der Waals surface area contributed by atoms with Crippen molar-refractivity contribution in [1.82, 2.24) is 10.2 Å². The molecule has 1 fully saturated rings. The van der Waals surface area contributed by atoms with Crippen molar-refractivity contribution >= 4 is 11.6 Å². The molecule has 3 N–H and O–H groups in total. The molecule has 1 saturated heterocycles. The number of carbonyl (C=O) groups excluding carboxylic acids is 1. The van der Waals surface area contributed by atoms with Crippen molar-refractivity contribution in [1.29, 1.82) is 0 Å². The number of anilines is 1. The van der Waals surface area contributed by atoms with E-state index in [1.54, 1.807) is 0 Å². The molecule has 0 aliphatic carbocycles. The van der Waals surface area contributed by atoms with Gasteiger partial charge >= 0.3 is 0 Å². The number of carbonyl (C=O) groups is 1. The highest BCUT2D eigenvalue weighted by atomic mass is 16.1. The molecule has 2 rings (SSSR count). The predicted octanol–water partition coefficient (Wildman–Crippen LogP) is 0.435. The Morgan fingerprint density at radius 2 is 2.10 bits per heavy atom. The lowest BCUT2D eigenvalue weighted by molar-refractivity contribution is 0.100. The summed E-state index contributed by atoms with van der Waals surface area (Å²) in [5.41, 5.74) is 8.11. The minimum atomic E-state index is -0.367. The second kappa shape index (κ2) is 6.72. The predicted molar refractivity (Wildman–Crippen MR) is 82.3 cm³/mol. The first-order chi connectivity index (χ1) is 9.58. The molecule has 1 heterocycles. The van der Waals surface area contributed by atoms with E-state index in [4.69, 9.17) is 5.73 Å². The Morgan fingerprint density at radius 3 is 2.75 bits per heavy atom. The van der Waals surface area contributed by atoms with Crippen LogP contribution in [0.25, 0.3) is 0 Å². The summed E-state index contributed by atoms with van der Waals surface area (Å²) in [4.78, 5) is 16.1. The van der Waals surface area contributed by atoms with E-state index < -0.39 is 0 Å². The van der Waals surface area contributed by atoms with Crippen molar-refractivity contribution in [2.45, 2.75) is 6.92 Å². The topological polar surface area (TPSA) is 61.6 Å². The summed E-state index contributed by atoms with van der Waals surface area (Å²) in [5, 5.41) is 3.35. The van der Waals surface area contributed by atoms with Gasteiger partial charge in [0.1, 0.15) is 0 Å².